The van der Waals surface area contributed by atoms with Crippen LogP contribution in [-0.2, 0) is 6.54 Å². The van der Waals surface area contributed by atoms with Gasteiger partial charge in [0.05, 0.1) is 10.0 Å². The Morgan fingerprint density at radius 3 is 2.71 bits per heavy atom. The van der Waals surface area contributed by atoms with Gasteiger partial charge in [0.25, 0.3) is 0 Å². The van der Waals surface area contributed by atoms with E-state index in [4.69, 9.17) is 34.8 Å². The summed E-state index contributed by atoms with van der Waals surface area (Å²) in [6.07, 6.45) is 4.60. The molecule has 2 aromatic rings. The van der Waals surface area contributed by atoms with Crippen molar-refractivity contribution >= 4 is 34.8 Å². The fourth-order valence-corrected chi connectivity index (χ4v) is 2.13. The highest BCUT2D eigenvalue weighted by Gasteiger charge is 2.14. The third-order valence-corrected chi connectivity index (χ3v) is 3.24. The van der Waals surface area contributed by atoms with E-state index in [1.165, 1.54) is 0 Å². The van der Waals surface area contributed by atoms with Crippen LogP contribution in [0.2, 0.25) is 15.2 Å². The van der Waals surface area contributed by atoms with Gasteiger partial charge in [0.1, 0.15) is 10.8 Å². The van der Waals surface area contributed by atoms with Crippen molar-refractivity contribution in [2.75, 3.05) is 0 Å². The van der Waals surface area contributed by atoms with Crippen molar-refractivity contribution < 1.29 is 0 Å². The smallest absolute Gasteiger partial charge is 0.160 e. The van der Waals surface area contributed by atoms with Crippen LogP contribution in [-0.4, -0.2) is 14.5 Å². The van der Waals surface area contributed by atoms with E-state index in [9.17, 15) is 0 Å². The predicted octanol–water partition coefficient (Wildman–Crippen LogP) is 4.32. The van der Waals surface area contributed by atoms with Crippen LogP contribution in [0.15, 0.2) is 18.5 Å². The molecule has 0 saturated heterocycles. The highest BCUT2D eigenvalue weighted by Crippen LogP contribution is 2.31. The molecule has 0 aliphatic heterocycles. The molecule has 0 N–H and O–H groups in total. The summed E-state index contributed by atoms with van der Waals surface area (Å²) in [4.78, 5) is 8.43. The Morgan fingerprint density at radius 2 is 2.00 bits per heavy atom. The van der Waals surface area contributed by atoms with E-state index in [1.807, 2.05) is 10.8 Å². The van der Waals surface area contributed by atoms with Gasteiger partial charge in [0.2, 0.25) is 0 Å². The molecule has 0 unspecified atom stereocenters. The van der Waals surface area contributed by atoms with Crippen molar-refractivity contribution in [3.05, 3.63) is 33.7 Å². The minimum atomic E-state index is 0.233. The van der Waals surface area contributed by atoms with E-state index in [0.29, 0.717) is 21.6 Å². The summed E-state index contributed by atoms with van der Waals surface area (Å²) in [5.41, 5.74) is 0.555. The van der Waals surface area contributed by atoms with E-state index < -0.39 is 0 Å². The number of hydrogen-bond donors (Lipinski definition) is 0. The average Bonchev–Trinajstić information content (AvgIpc) is 2.72. The predicted molar refractivity (Wildman–Crippen MR) is 70.8 cm³/mol. The van der Waals surface area contributed by atoms with Gasteiger partial charge in [-0.3, -0.25) is 0 Å². The number of aryl methyl sites for hydroxylation is 1. The van der Waals surface area contributed by atoms with Gasteiger partial charge in [-0.1, -0.05) is 41.7 Å². The first-order valence-corrected chi connectivity index (χ1v) is 6.30. The second-order valence-electron chi connectivity index (χ2n) is 3.54. The zero-order valence-corrected chi connectivity index (χ0v) is 11.4. The first kappa shape index (κ1) is 12.7. The molecule has 0 fully saturated rings. The minimum Gasteiger partial charge on any atom is -0.330 e. The normalized spacial score (nSPS) is 10.8. The molecule has 2 heterocycles. The first-order valence-electron chi connectivity index (χ1n) is 5.16. The summed E-state index contributed by atoms with van der Waals surface area (Å²) in [6.45, 7) is 2.95. The van der Waals surface area contributed by atoms with Crippen molar-refractivity contribution in [1.29, 1.82) is 0 Å². The number of nitrogens with zero attached hydrogens (tertiary/aromatic N) is 3. The van der Waals surface area contributed by atoms with Crippen molar-refractivity contribution in [1.82, 2.24) is 14.5 Å². The molecule has 3 nitrogen and oxygen atoms in total. The monoisotopic (exact) mass is 289 g/mol. The number of hydrogen-bond acceptors (Lipinski definition) is 2. The lowest BCUT2D eigenvalue weighted by Crippen LogP contribution is -2.00. The van der Waals surface area contributed by atoms with Gasteiger partial charge in [-0.05, 0) is 12.5 Å². The number of pyridine rings is 1. The Balaban J connectivity index is 2.52. The van der Waals surface area contributed by atoms with Crippen LogP contribution in [0.5, 0.6) is 0 Å². The Morgan fingerprint density at radius 1 is 1.24 bits per heavy atom. The quantitative estimate of drug-likeness (QED) is 0.788. The van der Waals surface area contributed by atoms with Crippen LogP contribution in [0, 0.1) is 0 Å². The molecule has 0 atom stereocenters. The van der Waals surface area contributed by atoms with E-state index >= 15 is 0 Å². The molecule has 0 aliphatic carbocycles. The molecule has 6 heteroatoms. The van der Waals surface area contributed by atoms with E-state index in [0.717, 1.165) is 13.0 Å². The molecular formula is C11H10Cl3N3. The Labute approximate surface area is 114 Å². The molecule has 2 rings (SSSR count). The molecule has 0 spiro atoms. The number of halogens is 3. The molecule has 90 valence electrons. The maximum absolute atomic E-state index is 6.11. The van der Waals surface area contributed by atoms with E-state index in [2.05, 4.69) is 16.9 Å². The summed E-state index contributed by atoms with van der Waals surface area (Å²) >= 11 is 17.8. The lowest BCUT2D eigenvalue weighted by molar-refractivity contribution is 0.684. The lowest BCUT2D eigenvalue weighted by Gasteiger charge is -2.08. The molecule has 0 amide bonds. The molecule has 0 radical (unpaired) electrons. The largest absolute Gasteiger partial charge is 0.330 e. The lowest BCUT2D eigenvalue weighted by atomic mass is 10.3. The molecule has 0 aliphatic rings. The van der Waals surface area contributed by atoms with Gasteiger partial charge in [-0.25, -0.2) is 9.97 Å². The van der Waals surface area contributed by atoms with Gasteiger partial charge in [0.15, 0.2) is 5.82 Å². The van der Waals surface area contributed by atoms with Crippen molar-refractivity contribution in [3.63, 3.8) is 0 Å². The Hall–Kier alpha value is -0.770. The number of aromatic nitrogens is 3. The second kappa shape index (κ2) is 5.25. The molecule has 17 heavy (non-hydrogen) atoms. The fraction of sp³-hybridized carbons (Fsp3) is 0.273. The molecule has 2 aromatic heterocycles. The van der Waals surface area contributed by atoms with E-state index in [-0.39, 0.29) is 5.15 Å². The second-order valence-corrected chi connectivity index (χ2v) is 4.71. The van der Waals surface area contributed by atoms with Crippen molar-refractivity contribution in [2.45, 2.75) is 19.9 Å². The standard InChI is InChI=1S/C11H10Cl3N3/c1-2-4-17-5-3-15-11(17)9-7(12)6-8(13)10(14)16-9/h3,5-6H,2,4H2,1H3. The molecule has 0 saturated carbocycles. The van der Waals surface area contributed by atoms with Gasteiger partial charge < -0.3 is 4.57 Å². The summed E-state index contributed by atoms with van der Waals surface area (Å²) in [6, 6.07) is 1.58. The van der Waals surface area contributed by atoms with E-state index in [1.54, 1.807) is 12.3 Å². The number of rotatable bonds is 3. The van der Waals surface area contributed by atoms with Gasteiger partial charge >= 0.3 is 0 Å². The summed E-state index contributed by atoms with van der Waals surface area (Å²) in [5.74, 6) is 0.704. The Kier molecular flexibility index (Phi) is 3.92. The van der Waals surface area contributed by atoms with Gasteiger partial charge in [-0.2, -0.15) is 0 Å². The maximum atomic E-state index is 6.11. The molecule has 0 aromatic carbocycles. The molecule has 0 bridgehead atoms. The molecular weight excluding hydrogens is 281 g/mol. The SMILES string of the molecule is CCCn1ccnc1-c1nc(Cl)c(Cl)cc1Cl. The van der Waals surface area contributed by atoms with Crippen molar-refractivity contribution in [3.8, 4) is 11.5 Å². The average molecular weight is 291 g/mol. The zero-order chi connectivity index (χ0) is 12.4. The number of imidazole rings is 1. The Bertz CT molecular complexity index is 537. The van der Waals surface area contributed by atoms with Gasteiger partial charge in [-0.15, -0.1) is 0 Å². The summed E-state index contributed by atoms with van der Waals surface area (Å²) in [5, 5.41) is 1.02. The summed E-state index contributed by atoms with van der Waals surface area (Å²) in [7, 11) is 0. The third-order valence-electron chi connectivity index (χ3n) is 2.28. The maximum Gasteiger partial charge on any atom is 0.160 e. The topological polar surface area (TPSA) is 30.7 Å². The first-order chi connectivity index (χ1) is 8.13. The highest BCUT2D eigenvalue weighted by atomic mass is 35.5. The fourth-order valence-electron chi connectivity index (χ4n) is 1.55. The van der Waals surface area contributed by atoms with Crippen LogP contribution < -0.4 is 0 Å². The van der Waals surface area contributed by atoms with Crippen LogP contribution in [0.3, 0.4) is 0 Å². The van der Waals surface area contributed by atoms with Gasteiger partial charge in [0, 0.05) is 18.9 Å². The third kappa shape index (κ3) is 2.57. The highest BCUT2D eigenvalue weighted by molar-refractivity contribution is 6.42. The minimum absolute atomic E-state index is 0.233. The summed E-state index contributed by atoms with van der Waals surface area (Å²) < 4.78 is 1.98. The van der Waals surface area contributed by atoms with Crippen molar-refractivity contribution in [2.24, 2.45) is 0 Å². The van der Waals surface area contributed by atoms with Crippen LogP contribution >= 0.6 is 34.8 Å². The van der Waals surface area contributed by atoms with Crippen LogP contribution in [0.25, 0.3) is 11.5 Å². The van der Waals surface area contributed by atoms with Crippen LogP contribution in [0.4, 0.5) is 0 Å². The zero-order valence-electron chi connectivity index (χ0n) is 9.12. The van der Waals surface area contributed by atoms with Crippen LogP contribution in [0.1, 0.15) is 13.3 Å².